The Kier molecular flexibility index (Phi) is 6.80. The average Bonchev–Trinajstić information content (AvgIpc) is 3.16. The first-order valence-corrected chi connectivity index (χ1v) is 9.65. The van der Waals surface area contributed by atoms with E-state index in [9.17, 15) is 9.59 Å². The fourth-order valence-electron chi connectivity index (χ4n) is 2.35. The zero-order valence-corrected chi connectivity index (χ0v) is 17.0. The number of tetrazole rings is 1. The maximum Gasteiger partial charge on any atom is 0.262 e. The van der Waals surface area contributed by atoms with Gasteiger partial charge in [0.1, 0.15) is 0 Å². The largest absolute Gasteiger partial charge is 0.491 e. The molecule has 0 unspecified atom stereocenters. The van der Waals surface area contributed by atoms with Gasteiger partial charge in [-0.15, -0.1) is 5.10 Å². The van der Waals surface area contributed by atoms with Crippen molar-refractivity contribution in [3.8, 4) is 11.5 Å². The van der Waals surface area contributed by atoms with Crippen molar-refractivity contribution in [2.24, 2.45) is 12.8 Å². The number of pyridine rings is 1. The number of thioether (sulfide) groups is 1. The SMILES string of the molecule is COc1cnc(CSc2nnnn2C)cc1OCC(=O)Nc1ccc(C(N)=O)cc1. The van der Waals surface area contributed by atoms with Crippen LogP contribution >= 0.6 is 11.8 Å². The van der Waals surface area contributed by atoms with E-state index in [0.29, 0.717) is 39.4 Å². The number of carbonyl (C=O) groups is 2. The summed E-state index contributed by atoms with van der Waals surface area (Å²) in [7, 11) is 3.24. The van der Waals surface area contributed by atoms with Crippen LogP contribution in [0.25, 0.3) is 0 Å². The van der Waals surface area contributed by atoms with Crippen LogP contribution in [0.2, 0.25) is 0 Å². The molecule has 156 valence electrons. The van der Waals surface area contributed by atoms with Crippen molar-refractivity contribution in [1.29, 1.82) is 0 Å². The standard InChI is InChI=1S/C18H19N7O4S/c1-25-18(22-23-24-25)30-10-13-7-14(15(28-2)8-20-13)29-9-16(26)21-12-5-3-11(4-6-12)17(19)27/h3-8H,9-10H2,1-2H3,(H2,19,27)(H,21,26). The summed E-state index contributed by atoms with van der Waals surface area (Å²) in [5, 5.41) is 14.6. The van der Waals surface area contributed by atoms with Crippen molar-refractivity contribution < 1.29 is 19.1 Å². The smallest absolute Gasteiger partial charge is 0.262 e. The third kappa shape index (κ3) is 5.44. The number of anilines is 1. The number of nitrogens with zero attached hydrogens (tertiary/aromatic N) is 5. The molecule has 11 nitrogen and oxygen atoms in total. The molecule has 12 heteroatoms. The lowest BCUT2D eigenvalue weighted by Crippen LogP contribution is -2.20. The second kappa shape index (κ2) is 9.69. The van der Waals surface area contributed by atoms with Gasteiger partial charge in [-0.25, -0.2) is 4.68 Å². The molecule has 0 fully saturated rings. The number of rotatable bonds is 9. The minimum Gasteiger partial charge on any atom is -0.491 e. The Bertz CT molecular complexity index is 1040. The molecular weight excluding hydrogens is 410 g/mol. The number of benzene rings is 1. The Labute approximate surface area is 176 Å². The van der Waals surface area contributed by atoms with Gasteiger partial charge in [-0.3, -0.25) is 14.6 Å². The van der Waals surface area contributed by atoms with Crippen molar-refractivity contribution in [2.75, 3.05) is 19.0 Å². The molecule has 2 heterocycles. The number of primary amides is 1. The Hall–Kier alpha value is -3.67. The summed E-state index contributed by atoms with van der Waals surface area (Å²) < 4.78 is 12.4. The first kappa shape index (κ1) is 21.0. The van der Waals surface area contributed by atoms with Gasteiger partial charge in [-0.2, -0.15) is 0 Å². The number of nitrogens with two attached hydrogens (primary N) is 1. The normalized spacial score (nSPS) is 10.5. The van der Waals surface area contributed by atoms with Gasteiger partial charge in [0.15, 0.2) is 18.1 Å². The average molecular weight is 429 g/mol. The predicted molar refractivity (Wildman–Crippen MR) is 108 cm³/mol. The van der Waals surface area contributed by atoms with Gasteiger partial charge >= 0.3 is 0 Å². The Morgan fingerprint density at radius 1 is 1.23 bits per heavy atom. The molecule has 1 aromatic carbocycles. The van der Waals surface area contributed by atoms with Crippen molar-refractivity contribution >= 4 is 29.3 Å². The van der Waals surface area contributed by atoms with Crippen LogP contribution in [0.4, 0.5) is 5.69 Å². The van der Waals surface area contributed by atoms with Gasteiger partial charge in [-0.05, 0) is 34.7 Å². The Balaban J connectivity index is 1.59. The first-order valence-electron chi connectivity index (χ1n) is 8.67. The fraction of sp³-hybridized carbons (Fsp3) is 0.222. The van der Waals surface area contributed by atoms with Crippen LogP contribution in [0.1, 0.15) is 16.1 Å². The fourth-order valence-corrected chi connectivity index (χ4v) is 3.10. The molecule has 0 bridgehead atoms. The summed E-state index contributed by atoms with van der Waals surface area (Å²) in [6.07, 6.45) is 1.53. The topological polar surface area (TPSA) is 147 Å². The van der Waals surface area contributed by atoms with Crippen molar-refractivity contribution in [3.63, 3.8) is 0 Å². The van der Waals surface area contributed by atoms with Crippen LogP contribution in [0.5, 0.6) is 11.5 Å². The highest BCUT2D eigenvalue weighted by Crippen LogP contribution is 2.29. The minimum atomic E-state index is -0.537. The van der Waals surface area contributed by atoms with E-state index < -0.39 is 5.91 Å². The number of hydrogen-bond acceptors (Lipinski definition) is 9. The molecule has 3 rings (SSSR count). The number of carbonyl (C=O) groups excluding carboxylic acids is 2. The van der Waals surface area contributed by atoms with E-state index in [1.807, 2.05) is 0 Å². The number of ether oxygens (including phenoxy) is 2. The molecule has 0 radical (unpaired) electrons. The number of methoxy groups -OCH3 is 1. The maximum absolute atomic E-state index is 12.2. The lowest BCUT2D eigenvalue weighted by atomic mass is 10.2. The van der Waals surface area contributed by atoms with Crippen LogP contribution in [0.15, 0.2) is 41.7 Å². The van der Waals surface area contributed by atoms with Crippen molar-refractivity contribution in [3.05, 3.63) is 47.8 Å². The van der Waals surface area contributed by atoms with E-state index >= 15 is 0 Å². The molecule has 0 aliphatic heterocycles. The summed E-state index contributed by atoms with van der Waals surface area (Å²) in [4.78, 5) is 27.6. The van der Waals surface area contributed by atoms with Gasteiger partial charge in [0.25, 0.3) is 5.91 Å². The van der Waals surface area contributed by atoms with E-state index in [0.717, 1.165) is 0 Å². The molecule has 0 spiro atoms. The van der Waals surface area contributed by atoms with Gasteiger partial charge in [0.2, 0.25) is 11.1 Å². The summed E-state index contributed by atoms with van der Waals surface area (Å²) in [6.45, 7) is -0.238. The number of hydrogen-bond donors (Lipinski definition) is 2. The van der Waals surface area contributed by atoms with Crippen LogP contribution in [-0.2, 0) is 17.6 Å². The summed E-state index contributed by atoms with van der Waals surface area (Å²) in [5.74, 6) is 0.390. The molecule has 0 atom stereocenters. The lowest BCUT2D eigenvalue weighted by molar-refractivity contribution is -0.118. The second-order valence-electron chi connectivity index (χ2n) is 5.98. The van der Waals surface area contributed by atoms with Crippen molar-refractivity contribution in [1.82, 2.24) is 25.2 Å². The third-order valence-electron chi connectivity index (χ3n) is 3.85. The van der Waals surface area contributed by atoms with Gasteiger partial charge in [0.05, 0.1) is 19.0 Å². The van der Waals surface area contributed by atoms with Gasteiger partial charge in [-0.1, -0.05) is 11.8 Å². The zero-order valence-electron chi connectivity index (χ0n) is 16.2. The summed E-state index contributed by atoms with van der Waals surface area (Å²) in [5.41, 5.74) is 6.78. The maximum atomic E-state index is 12.2. The molecule has 3 aromatic rings. The third-order valence-corrected chi connectivity index (χ3v) is 4.89. The molecule has 0 aliphatic carbocycles. The molecule has 30 heavy (non-hydrogen) atoms. The van der Waals surface area contributed by atoms with E-state index in [2.05, 4.69) is 25.8 Å². The molecule has 0 saturated heterocycles. The van der Waals surface area contributed by atoms with Crippen LogP contribution < -0.4 is 20.5 Å². The quantitative estimate of drug-likeness (QED) is 0.476. The van der Waals surface area contributed by atoms with Crippen LogP contribution in [-0.4, -0.2) is 50.7 Å². The molecule has 3 N–H and O–H groups in total. The number of aromatic nitrogens is 5. The van der Waals surface area contributed by atoms with E-state index in [1.54, 1.807) is 29.9 Å². The zero-order chi connectivity index (χ0) is 21.5. The lowest BCUT2D eigenvalue weighted by Gasteiger charge is -2.12. The number of amides is 2. The molecule has 0 aliphatic rings. The monoisotopic (exact) mass is 429 g/mol. The van der Waals surface area contributed by atoms with E-state index in [-0.39, 0.29) is 12.5 Å². The number of aryl methyl sites for hydroxylation is 1. The number of nitrogens with one attached hydrogen (secondary N) is 1. The van der Waals surface area contributed by atoms with Gasteiger partial charge in [0, 0.05) is 30.1 Å². The molecule has 2 amide bonds. The highest BCUT2D eigenvalue weighted by molar-refractivity contribution is 7.98. The highest BCUT2D eigenvalue weighted by Gasteiger charge is 2.12. The van der Waals surface area contributed by atoms with Gasteiger partial charge < -0.3 is 20.5 Å². The molecule has 2 aromatic heterocycles. The minimum absolute atomic E-state index is 0.238. The second-order valence-corrected chi connectivity index (χ2v) is 6.92. The van der Waals surface area contributed by atoms with Crippen molar-refractivity contribution in [2.45, 2.75) is 10.9 Å². The van der Waals surface area contributed by atoms with Crippen LogP contribution in [0, 0.1) is 0 Å². The Morgan fingerprint density at radius 3 is 2.63 bits per heavy atom. The highest BCUT2D eigenvalue weighted by atomic mass is 32.2. The van der Waals surface area contributed by atoms with Crippen LogP contribution in [0.3, 0.4) is 0 Å². The van der Waals surface area contributed by atoms with E-state index in [1.165, 1.54) is 37.2 Å². The molecular formula is C18H19N7O4S. The first-order chi connectivity index (χ1) is 14.5. The summed E-state index contributed by atoms with van der Waals surface area (Å²) in [6, 6.07) is 7.93. The Morgan fingerprint density at radius 2 is 2.00 bits per heavy atom. The van der Waals surface area contributed by atoms with E-state index in [4.69, 9.17) is 15.2 Å². The summed E-state index contributed by atoms with van der Waals surface area (Å²) >= 11 is 1.41. The molecule has 0 saturated carbocycles. The predicted octanol–water partition coefficient (Wildman–Crippen LogP) is 1.02.